The second kappa shape index (κ2) is 12.7. The Morgan fingerprint density at radius 1 is 0.667 bits per heavy atom. The highest BCUT2D eigenvalue weighted by Gasteiger charge is 2.30. The molecule has 0 bridgehead atoms. The van der Waals surface area contributed by atoms with E-state index >= 15 is 0 Å². The van der Waals surface area contributed by atoms with Crippen LogP contribution in [-0.4, -0.2) is 29.7 Å². The minimum absolute atomic E-state index is 0.119. The lowest BCUT2D eigenvalue weighted by atomic mass is 9.96. The normalized spacial score (nSPS) is 16.8. The molecule has 3 nitrogen and oxygen atoms in total. The van der Waals surface area contributed by atoms with E-state index in [1.54, 1.807) is 24.3 Å². The highest BCUT2D eigenvalue weighted by molar-refractivity contribution is 6.11. The molecule has 0 saturated carbocycles. The van der Waals surface area contributed by atoms with Gasteiger partial charge in [-0.1, -0.05) is 109 Å². The summed E-state index contributed by atoms with van der Waals surface area (Å²) in [6.45, 7) is 0.238. The maximum atomic E-state index is 13.2. The van der Waals surface area contributed by atoms with Crippen LogP contribution in [0.4, 0.5) is 13.2 Å². The molecule has 4 rings (SSSR count). The van der Waals surface area contributed by atoms with Crippen LogP contribution in [0.1, 0.15) is 22.3 Å². The number of amides is 1. The molecule has 0 N–H and O–H groups in total. The summed E-state index contributed by atoms with van der Waals surface area (Å²) in [5.41, 5.74) is 2.59. The van der Waals surface area contributed by atoms with Crippen LogP contribution in [0.25, 0.3) is 18.2 Å². The van der Waals surface area contributed by atoms with Crippen molar-refractivity contribution in [3.8, 4) is 0 Å². The van der Waals surface area contributed by atoms with E-state index in [-0.39, 0.29) is 24.8 Å². The van der Waals surface area contributed by atoms with Crippen LogP contribution < -0.4 is 0 Å². The number of carbonyl (C=O) groups is 2. The first-order valence-corrected chi connectivity index (χ1v) is 12.3. The minimum Gasteiger partial charge on any atom is -0.330 e. The van der Waals surface area contributed by atoms with Crippen molar-refractivity contribution in [2.24, 2.45) is 0 Å². The first-order valence-electron chi connectivity index (χ1n) is 12.3. The number of Topliss-reactive ketones (excluding diaryl/α,β-unsaturated/α-hetero) is 1. The van der Waals surface area contributed by atoms with Crippen LogP contribution in [-0.2, 0) is 15.8 Å². The van der Waals surface area contributed by atoms with Gasteiger partial charge in [-0.05, 0) is 34.9 Å². The Morgan fingerprint density at radius 2 is 1.13 bits per heavy atom. The van der Waals surface area contributed by atoms with E-state index in [0.717, 1.165) is 23.3 Å². The minimum atomic E-state index is -4.42. The number of hydrogen-bond acceptors (Lipinski definition) is 2. The molecule has 0 radical (unpaired) electrons. The third-order valence-electron chi connectivity index (χ3n) is 6.05. The van der Waals surface area contributed by atoms with Crippen LogP contribution in [0.5, 0.6) is 0 Å². The van der Waals surface area contributed by atoms with Gasteiger partial charge in [0.05, 0.1) is 18.7 Å². The van der Waals surface area contributed by atoms with Crippen molar-refractivity contribution in [2.45, 2.75) is 6.18 Å². The van der Waals surface area contributed by atoms with Crippen LogP contribution in [0.15, 0.2) is 126 Å². The van der Waals surface area contributed by atoms with Crippen molar-refractivity contribution in [2.75, 3.05) is 13.1 Å². The van der Waals surface area contributed by atoms with Crippen molar-refractivity contribution in [1.82, 2.24) is 4.90 Å². The number of likely N-dealkylation sites (tertiary alicyclic amines) is 1. The average Bonchev–Trinajstić information content (AvgIpc) is 2.94. The fourth-order valence-corrected chi connectivity index (χ4v) is 3.96. The van der Waals surface area contributed by atoms with Crippen LogP contribution in [0, 0.1) is 0 Å². The Kier molecular flexibility index (Phi) is 8.90. The van der Waals surface area contributed by atoms with Crippen molar-refractivity contribution >= 4 is 29.9 Å². The molecule has 3 aromatic carbocycles. The summed E-state index contributed by atoms with van der Waals surface area (Å²) in [7, 11) is 0. The topological polar surface area (TPSA) is 37.4 Å². The fourth-order valence-electron chi connectivity index (χ4n) is 3.96. The molecule has 0 aliphatic carbocycles. The fraction of sp³-hybridized carbons (Fsp3) is 0.0909. The van der Waals surface area contributed by atoms with Crippen molar-refractivity contribution in [1.29, 1.82) is 0 Å². The molecule has 0 atom stereocenters. The van der Waals surface area contributed by atoms with Crippen molar-refractivity contribution in [3.05, 3.63) is 149 Å². The van der Waals surface area contributed by atoms with E-state index < -0.39 is 11.7 Å². The average molecular weight is 526 g/mol. The van der Waals surface area contributed by atoms with Gasteiger partial charge in [0.2, 0.25) is 5.91 Å². The number of piperidine rings is 1. The number of halogens is 3. The van der Waals surface area contributed by atoms with Gasteiger partial charge < -0.3 is 4.90 Å². The first kappa shape index (κ1) is 27.3. The third kappa shape index (κ3) is 7.89. The van der Waals surface area contributed by atoms with Gasteiger partial charge in [-0.2, -0.15) is 13.2 Å². The van der Waals surface area contributed by atoms with Gasteiger partial charge >= 0.3 is 6.18 Å². The zero-order valence-corrected chi connectivity index (χ0v) is 21.0. The Labute approximate surface area is 225 Å². The quantitative estimate of drug-likeness (QED) is 0.314. The van der Waals surface area contributed by atoms with Crippen molar-refractivity contribution < 1.29 is 22.8 Å². The zero-order valence-electron chi connectivity index (χ0n) is 21.0. The van der Waals surface area contributed by atoms with Crippen LogP contribution in [0.2, 0.25) is 0 Å². The van der Waals surface area contributed by atoms with Gasteiger partial charge in [-0.15, -0.1) is 0 Å². The van der Waals surface area contributed by atoms with Gasteiger partial charge in [0.15, 0.2) is 5.78 Å². The van der Waals surface area contributed by atoms with E-state index in [9.17, 15) is 22.8 Å². The van der Waals surface area contributed by atoms with Crippen molar-refractivity contribution in [3.63, 3.8) is 0 Å². The van der Waals surface area contributed by atoms with Crippen LogP contribution in [0.3, 0.4) is 0 Å². The predicted octanol–water partition coefficient (Wildman–Crippen LogP) is 7.41. The Hall–Kier alpha value is -4.71. The SMILES string of the molecule is O=C1/C(=C/C=C/c2ccccc2)CN(C(=O)/C=C/c2ccc(C(F)(F)F)cc2)C/C1=C\C=C\c1ccccc1. The lowest BCUT2D eigenvalue weighted by molar-refractivity contribution is -0.137. The molecule has 3 aromatic rings. The summed E-state index contributed by atoms with van der Waals surface area (Å²) >= 11 is 0. The summed E-state index contributed by atoms with van der Waals surface area (Å²) in [6.07, 6.45) is 9.11. The lowest BCUT2D eigenvalue weighted by Crippen LogP contribution is -2.40. The molecular formula is C33H26F3NO2. The smallest absolute Gasteiger partial charge is 0.330 e. The maximum absolute atomic E-state index is 13.2. The van der Waals surface area contributed by atoms with E-state index in [2.05, 4.69) is 0 Å². The summed E-state index contributed by atoms with van der Waals surface area (Å²) in [6, 6.07) is 23.9. The molecule has 39 heavy (non-hydrogen) atoms. The van der Waals surface area contributed by atoms with Gasteiger partial charge in [0, 0.05) is 17.2 Å². The molecule has 1 aliphatic heterocycles. The highest BCUT2D eigenvalue weighted by Crippen LogP contribution is 2.29. The van der Waals surface area contributed by atoms with E-state index in [0.29, 0.717) is 16.7 Å². The van der Waals surface area contributed by atoms with E-state index in [4.69, 9.17) is 0 Å². The molecule has 196 valence electrons. The number of allylic oxidation sites excluding steroid dienone is 4. The van der Waals surface area contributed by atoms with Gasteiger partial charge in [0.25, 0.3) is 0 Å². The molecule has 0 spiro atoms. The second-order valence-corrected chi connectivity index (χ2v) is 8.90. The molecule has 1 fully saturated rings. The largest absolute Gasteiger partial charge is 0.416 e. The molecule has 6 heteroatoms. The number of hydrogen-bond donors (Lipinski definition) is 0. The van der Waals surface area contributed by atoms with E-state index in [1.807, 2.05) is 72.8 Å². The lowest BCUT2D eigenvalue weighted by Gasteiger charge is -2.28. The predicted molar refractivity (Wildman–Crippen MR) is 149 cm³/mol. The number of nitrogens with zero attached hydrogens (tertiary/aromatic N) is 1. The van der Waals surface area contributed by atoms with E-state index in [1.165, 1.54) is 29.2 Å². The second-order valence-electron chi connectivity index (χ2n) is 8.90. The molecule has 0 aromatic heterocycles. The van der Waals surface area contributed by atoms with Gasteiger partial charge in [0.1, 0.15) is 0 Å². The third-order valence-corrected chi connectivity index (χ3v) is 6.05. The summed E-state index contributed by atoms with van der Waals surface area (Å²) in [4.78, 5) is 27.8. The van der Waals surface area contributed by atoms with Gasteiger partial charge in [-0.3, -0.25) is 9.59 Å². The first-order chi connectivity index (χ1) is 18.8. The summed E-state index contributed by atoms with van der Waals surface area (Å²) in [5.74, 6) is -0.487. The molecule has 1 amide bonds. The van der Waals surface area contributed by atoms with Crippen LogP contribution >= 0.6 is 0 Å². The number of benzene rings is 3. The number of ketones is 1. The summed E-state index contributed by atoms with van der Waals surface area (Å²) in [5, 5.41) is 0. The maximum Gasteiger partial charge on any atom is 0.416 e. The monoisotopic (exact) mass is 525 g/mol. The number of rotatable bonds is 6. The molecule has 1 aliphatic rings. The number of carbonyl (C=O) groups excluding carboxylic acids is 2. The molecule has 1 saturated heterocycles. The Morgan fingerprint density at radius 3 is 1.59 bits per heavy atom. The highest BCUT2D eigenvalue weighted by atomic mass is 19.4. The summed E-state index contributed by atoms with van der Waals surface area (Å²) < 4.78 is 38.5. The Bertz CT molecular complexity index is 1370. The molecule has 0 unspecified atom stereocenters. The Balaban J connectivity index is 1.55. The zero-order chi connectivity index (χ0) is 27.7. The standard InChI is InChI=1S/C33H26F3NO2/c34-33(35,36)30-20-17-27(18-21-30)19-22-31(38)37-23-28(15-7-13-25-9-3-1-4-10-25)32(39)29(24-37)16-8-14-26-11-5-2-6-12-26/h1-22H,23-24H2/b13-7+,14-8+,22-19+,28-15+,29-16+. The number of alkyl halides is 3. The molecular weight excluding hydrogens is 499 g/mol. The van der Waals surface area contributed by atoms with Gasteiger partial charge in [-0.25, -0.2) is 0 Å². The molecule has 1 heterocycles.